The molecular weight excluding hydrogens is 735 g/mol. The van der Waals surface area contributed by atoms with Gasteiger partial charge in [0.15, 0.2) is 0 Å². The zero-order valence-electron chi connectivity index (χ0n) is 34.0. The van der Waals surface area contributed by atoms with Gasteiger partial charge in [-0.05, 0) is 121 Å². The van der Waals surface area contributed by atoms with E-state index in [0.717, 1.165) is 17.1 Å². The highest BCUT2D eigenvalue weighted by molar-refractivity contribution is 5.97. The summed E-state index contributed by atoms with van der Waals surface area (Å²) < 4.78 is 0. The fourth-order valence-corrected chi connectivity index (χ4v) is 9.68. The van der Waals surface area contributed by atoms with Crippen molar-refractivity contribution in [2.45, 2.75) is 12.3 Å². The molecule has 288 valence electrons. The quantitative estimate of drug-likeness (QED) is 0.149. The molecule has 10 aromatic carbocycles. The van der Waals surface area contributed by atoms with E-state index < -0.39 is 0 Å². The molecule has 11 rings (SSSR count). The minimum atomic E-state index is -0.319. The summed E-state index contributed by atoms with van der Waals surface area (Å²) in [5, 5.41) is 2.51. The minimum Gasteiger partial charge on any atom is -0.310 e. The topological polar surface area (TPSA) is 3.24 Å². The van der Waals surface area contributed by atoms with Gasteiger partial charge in [0.1, 0.15) is 0 Å². The molecule has 0 bridgehead atoms. The highest BCUT2D eigenvalue weighted by atomic mass is 15.1. The molecule has 0 amide bonds. The molecule has 1 aliphatic rings. The van der Waals surface area contributed by atoms with Crippen molar-refractivity contribution in [1.29, 1.82) is 0 Å². The van der Waals surface area contributed by atoms with Gasteiger partial charge in [0.05, 0.1) is 5.69 Å². The van der Waals surface area contributed by atoms with Gasteiger partial charge in [0.25, 0.3) is 0 Å². The minimum absolute atomic E-state index is 0.319. The number of anilines is 3. The number of nitrogens with zero attached hydrogens (tertiary/aromatic N) is 1. The monoisotopic (exact) mass is 777 g/mol. The SMILES string of the molecule is CC1(c2ccccc2)c2ccccc2-c2c(N(c3cccc(-c4ccc(-c5ccc6ccccc6c5)cc4)c3)c3cccc(-c4ccccc4-c4ccccc4)c3)cccc21. The summed E-state index contributed by atoms with van der Waals surface area (Å²) in [5.41, 5.74) is 19.1. The Balaban J connectivity index is 1.08. The van der Waals surface area contributed by atoms with Gasteiger partial charge >= 0.3 is 0 Å². The van der Waals surface area contributed by atoms with Crippen LogP contribution >= 0.6 is 0 Å². The van der Waals surface area contributed by atoms with Crippen molar-refractivity contribution in [3.8, 4) is 55.6 Å². The Morgan fingerprint density at radius 1 is 0.311 bits per heavy atom. The van der Waals surface area contributed by atoms with E-state index in [2.05, 4.69) is 254 Å². The molecule has 1 aliphatic carbocycles. The summed E-state index contributed by atoms with van der Waals surface area (Å²) in [6, 6.07) is 88.8. The third-order valence-electron chi connectivity index (χ3n) is 12.7. The second-order valence-electron chi connectivity index (χ2n) is 16.2. The fourth-order valence-electron chi connectivity index (χ4n) is 9.68. The van der Waals surface area contributed by atoms with Gasteiger partial charge in [-0.1, -0.05) is 206 Å². The second-order valence-corrected chi connectivity index (χ2v) is 16.2. The van der Waals surface area contributed by atoms with Gasteiger partial charge in [-0.2, -0.15) is 0 Å². The first-order valence-electron chi connectivity index (χ1n) is 21.2. The van der Waals surface area contributed by atoms with Crippen molar-refractivity contribution in [2.24, 2.45) is 0 Å². The van der Waals surface area contributed by atoms with Crippen molar-refractivity contribution in [3.63, 3.8) is 0 Å². The highest BCUT2D eigenvalue weighted by Gasteiger charge is 2.42. The Hall–Kier alpha value is -7.74. The second kappa shape index (κ2) is 15.1. The highest BCUT2D eigenvalue weighted by Crippen LogP contribution is 2.57. The van der Waals surface area contributed by atoms with Gasteiger partial charge in [-0.25, -0.2) is 0 Å². The van der Waals surface area contributed by atoms with Crippen LogP contribution in [0.1, 0.15) is 23.6 Å². The molecule has 1 nitrogen and oxygen atoms in total. The third-order valence-corrected chi connectivity index (χ3v) is 12.7. The lowest BCUT2D eigenvalue weighted by atomic mass is 9.74. The lowest BCUT2D eigenvalue weighted by Crippen LogP contribution is -2.22. The van der Waals surface area contributed by atoms with Gasteiger partial charge in [-0.3, -0.25) is 0 Å². The Morgan fingerprint density at radius 3 is 1.52 bits per heavy atom. The number of fused-ring (bicyclic) bond motifs is 4. The number of hydrogen-bond acceptors (Lipinski definition) is 1. The molecule has 0 fully saturated rings. The average molecular weight is 778 g/mol. The van der Waals surface area contributed by atoms with E-state index in [0.29, 0.717) is 0 Å². The lowest BCUT2D eigenvalue weighted by Gasteiger charge is -2.31. The van der Waals surface area contributed by atoms with Crippen LogP contribution in [0.5, 0.6) is 0 Å². The van der Waals surface area contributed by atoms with E-state index in [-0.39, 0.29) is 5.41 Å². The molecule has 0 N–H and O–H groups in total. The first kappa shape index (κ1) is 36.3. The van der Waals surface area contributed by atoms with Gasteiger partial charge in [0.2, 0.25) is 0 Å². The predicted octanol–water partition coefficient (Wildman–Crippen LogP) is 16.3. The molecule has 61 heavy (non-hydrogen) atoms. The van der Waals surface area contributed by atoms with Crippen LogP contribution < -0.4 is 4.90 Å². The molecule has 0 spiro atoms. The maximum atomic E-state index is 2.48. The van der Waals surface area contributed by atoms with E-state index in [1.807, 2.05) is 0 Å². The third kappa shape index (κ3) is 6.34. The van der Waals surface area contributed by atoms with Crippen LogP contribution in [-0.2, 0) is 5.41 Å². The van der Waals surface area contributed by atoms with Crippen molar-refractivity contribution in [3.05, 3.63) is 259 Å². The molecule has 0 saturated carbocycles. The molecule has 1 heteroatoms. The molecule has 0 saturated heterocycles. The number of rotatable bonds is 8. The first-order valence-corrected chi connectivity index (χ1v) is 21.2. The predicted molar refractivity (Wildman–Crippen MR) is 258 cm³/mol. The summed E-state index contributed by atoms with van der Waals surface area (Å²) in [7, 11) is 0. The van der Waals surface area contributed by atoms with Crippen molar-refractivity contribution in [1.82, 2.24) is 0 Å². The summed E-state index contributed by atoms with van der Waals surface area (Å²) in [6.45, 7) is 2.39. The average Bonchev–Trinajstić information content (AvgIpc) is 3.61. The summed E-state index contributed by atoms with van der Waals surface area (Å²) >= 11 is 0. The van der Waals surface area contributed by atoms with Crippen LogP contribution in [-0.4, -0.2) is 0 Å². The van der Waals surface area contributed by atoms with Crippen LogP contribution in [0, 0.1) is 0 Å². The molecule has 0 aromatic heterocycles. The maximum Gasteiger partial charge on any atom is 0.0543 e. The largest absolute Gasteiger partial charge is 0.310 e. The zero-order valence-corrected chi connectivity index (χ0v) is 34.0. The molecule has 1 atom stereocenters. The lowest BCUT2D eigenvalue weighted by molar-refractivity contribution is 0.714. The smallest absolute Gasteiger partial charge is 0.0543 e. The number of benzene rings is 10. The van der Waals surface area contributed by atoms with Crippen molar-refractivity contribution >= 4 is 27.8 Å². The normalized spacial score (nSPS) is 14.0. The van der Waals surface area contributed by atoms with Crippen molar-refractivity contribution < 1.29 is 0 Å². The van der Waals surface area contributed by atoms with E-state index in [1.165, 1.54) is 83.1 Å². The van der Waals surface area contributed by atoms with Crippen molar-refractivity contribution in [2.75, 3.05) is 4.90 Å². The molecule has 1 unspecified atom stereocenters. The standard InChI is InChI=1S/C60H43N/c1-60(50-23-6-3-7-24-50)56-30-13-12-29-55(56)59-57(60)31-16-32-58(59)61(52-26-15-22-49(41-52)54-28-11-10-27-53(54)45-18-4-2-5-19-45)51-25-14-21-47(40-51)43-33-35-44(36-34-43)48-38-37-42-17-8-9-20-46(42)39-48/h2-41H,1H3. The van der Waals surface area contributed by atoms with Gasteiger partial charge < -0.3 is 4.90 Å². The van der Waals surface area contributed by atoms with Crippen LogP contribution in [0.15, 0.2) is 243 Å². The molecule has 0 aliphatic heterocycles. The Morgan fingerprint density at radius 2 is 0.803 bits per heavy atom. The Labute approximate surface area is 358 Å². The van der Waals surface area contributed by atoms with E-state index in [9.17, 15) is 0 Å². The van der Waals surface area contributed by atoms with E-state index in [4.69, 9.17) is 0 Å². The van der Waals surface area contributed by atoms with Crippen LogP contribution in [0.25, 0.3) is 66.4 Å². The summed E-state index contributed by atoms with van der Waals surface area (Å²) in [6.07, 6.45) is 0. The number of hydrogen-bond donors (Lipinski definition) is 0. The molecule has 0 radical (unpaired) electrons. The Bertz CT molecular complexity index is 3200. The Kier molecular flexibility index (Phi) is 9.02. The fraction of sp³-hybridized carbons (Fsp3) is 0.0333. The molecule has 10 aromatic rings. The summed E-state index contributed by atoms with van der Waals surface area (Å²) in [5.74, 6) is 0. The summed E-state index contributed by atoms with van der Waals surface area (Å²) in [4.78, 5) is 2.48. The van der Waals surface area contributed by atoms with Gasteiger partial charge in [-0.15, -0.1) is 0 Å². The van der Waals surface area contributed by atoms with E-state index >= 15 is 0 Å². The molecule has 0 heterocycles. The maximum absolute atomic E-state index is 2.48. The molecular formula is C60H43N. The van der Waals surface area contributed by atoms with E-state index in [1.54, 1.807) is 0 Å². The first-order chi connectivity index (χ1) is 30.1. The van der Waals surface area contributed by atoms with Crippen LogP contribution in [0.4, 0.5) is 17.1 Å². The zero-order chi connectivity index (χ0) is 40.8. The van der Waals surface area contributed by atoms with Crippen LogP contribution in [0.2, 0.25) is 0 Å². The van der Waals surface area contributed by atoms with Crippen LogP contribution in [0.3, 0.4) is 0 Å². The van der Waals surface area contributed by atoms with Gasteiger partial charge in [0, 0.05) is 22.4 Å².